The predicted molar refractivity (Wildman–Crippen MR) is 147 cm³/mol. The lowest BCUT2D eigenvalue weighted by atomic mass is 10.2. The van der Waals surface area contributed by atoms with Crippen molar-refractivity contribution in [2.75, 3.05) is 20.2 Å². The number of pyridine rings is 2. The number of ether oxygens (including phenoxy) is 2. The summed E-state index contributed by atoms with van der Waals surface area (Å²) in [5, 5.41) is 4.59. The van der Waals surface area contributed by atoms with E-state index in [0.29, 0.717) is 38.8 Å². The van der Waals surface area contributed by atoms with Gasteiger partial charge in [-0.2, -0.15) is 5.48 Å². The Morgan fingerprint density at radius 2 is 2.24 bits per heavy atom. The van der Waals surface area contributed by atoms with Crippen molar-refractivity contribution in [1.82, 2.24) is 25.4 Å². The lowest BCUT2D eigenvalue weighted by molar-refractivity contribution is -0.0724. The second kappa shape index (κ2) is 13.2. The fourth-order valence-corrected chi connectivity index (χ4v) is 5.86. The summed E-state index contributed by atoms with van der Waals surface area (Å²) in [5.41, 5.74) is 10.3. The van der Waals surface area contributed by atoms with Gasteiger partial charge in [-0.1, -0.05) is 41.0 Å². The summed E-state index contributed by atoms with van der Waals surface area (Å²) >= 11 is 15.0. The number of rotatable bonds is 11. The SMILES string of the molecule is CO[C@@H](CN(N)/C=C(\N)c1nc(Cl)cs1)C(OC1CNOC1C)Sc1cc(Cl)cnc1-c1ccccn1. The molecule has 0 amide bonds. The molecule has 1 fully saturated rings. The maximum atomic E-state index is 6.50. The summed E-state index contributed by atoms with van der Waals surface area (Å²) in [6, 6.07) is 7.48. The van der Waals surface area contributed by atoms with Gasteiger partial charge in [-0.25, -0.2) is 10.8 Å². The second-order valence-electron chi connectivity index (χ2n) is 8.08. The number of aromatic nitrogens is 3. The summed E-state index contributed by atoms with van der Waals surface area (Å²) in [7, 11) is 1.60. The number of nitrogens with two attached hydrogens (primary N) is 2. The lowest BCUT2D eigenvalue weighted by Crippen LogP contribution is -2.44. The molecular weight excluding hydrogens is 557 g/mol. The first kappa shape index (κ1) is 28.0. The van der Waals surface area contributed by atoms with Gasteiger partial charge >= 0.3 is 0 Å². The van der Waals surface area contributed by atoms with E-state index in [9.17, 15) is 0 Å². The van der Waals surface area contributed by atoms with Gasteiger partial charge in [0.25, 0.3) is 0 Å². The lowest BCUT2D eigenvalue weighted by Gasteiger charge is -2.31. The van der Waals surface area contributed by atoms with Crippen LogP contribution in [-0.4, -0.2) is 63.9 Å². The highest BCUT2D eigenvalue weighted by atomic mass is 35.5. The molecule has 10 nitrogen and oxygen atoms in total. The molecule has 4 heterocycles. The van der Waals surface area contributed by atoms with Crippen molar-refractivity contribution in [3.63, 3.8) is 0 Å². The first-order valence-electron chi connectivity index (χ1n) is 11.2. The van der Waals surface area contributed by atoms with E-state index in [1.54, 1.807) is 31.1 Å². The van der Waals surface area contributed by atoms with Crippen LogP contribution in [0.15, 0.2) is 53.1 Å². The third-order valence-electron chi connectivity index (χ3n) is 5.38. The Balaban J connectivity index is 1.60. The predicted octanol–water partition coefficient (Wildman–Crippen LogP) is 3.78. The second-order valence-corrected chi connectivity index (χ2v) is 10.9. The van der Waals surface area contributed by atoms with Crippen LogP contribution in [0.4, 0.5) is 0 Å². The maximum absolute atomic E-state index is 6.50. The van der Waals surface area contributed by atoms with E-state index in [-0.39, 0.29) is 18.8 Å². The minimum Gasteiger partial charge on any atom is -0.395 e. The summed E-state index contributed by atoms with van der Waals surface area (Å²) in [5.74, 6) is 6.30. The zero-order valence-corrected chi connectivity index (χ0v) is 23.2. The average molecular weight is 585 g/mol. The molecule has 5 N–H and O–H groups in total. The molecular formula is C23H27Cl2N7O3S2. The molecule has 3 unspecified atom stereocenters. The van der Waals surface area contributed by atoms with Gasteiger partial charge in [0.15, 0.2) is 0 Å². The Morgan fingerprint density at radius 1 is 1.41 bits per heavy atom. The molecule has 3 aromatic heterocycles. The van der Waals surface area contributed by atoms with Gasteiger partial charge in [0.2, 0.25) is 0 Å². The van der Waals surface area contributed by atoms with Crippen LogP contribution in [0.1, 0.15) is 11.9 Å². The minimum atomic E-state index is -0.515. The third kappa shape index (κ3) is 7.53. The van der Waals surface area contributed by atoms with E-state index in [1.807, 2.05) is 31.2 Å². The third-order valence-corrected chi connectivity index (χ3v) is 8.01. The van der Waals surface area contributed by atoms with E-state index in [4.69, 9.17) is 49.1 Å². The van der Waals surface area contributed by atoms with Crippen LogP contribution >= 0.6 is 46.3 Å². The molecule has 198 valence electrons. The summed E-state index contributed by atoms with van der Waals surface area (Å²) < 4.78 is 12.4. The van der Waals surface area contributed by atoms with Crippen LogP contribution in [0.2, 0.25) is 10.2 Å². The number of halogens is 2. The van der Waals surface area contributed by atoms with Crippen molar-refractivity contribution in [2.45, 2.75) is 35.6 Å². The normalized spacial score (nSPS) is 19.6. The monoisotopic (exact) mass is 583 g/mol. The number of methoxy groups -OCH3 is 1. The van der Waals surface area contributed by atoms with Crippen LogP contribution in [0.5, 0.6) is 0 Å². The number of nitrogens with zero attached hydrogens (tertiary/aromatic N) is 4. The zero-order valence-electron chi connectivity index (χ0n) is 20.1. The van der Waals surface area contributed by atoms with Crippen molar-refractivity contribution >= 4 is 52.0 Å². The quantitative estimate of drug-likeness (QED) is 0.132. The van der Waals surface area contributed by atoms with Crippen molar-refractivity contribution in [3.8, 4) is 11.4 Å². The van der Waals surface area contributed by atoms with Crippen molar-refractivity contribution in [2.24, 2.45) is 11.6 Å². The van der Waals surface area contributed by atoms with E-state index in [0.717, 1.165) is 4.90 Å². The molecule has 0 aromatic carbocycles. The number of hydroxylamine groups is 1. The van der Waals surface area contributed by atoms with Gasteiger partial charge in [-0.05, 0) is 25.1 Å². The first-order valence-corrected chi connectivity index (χ1v) is 13.8. The molecule has 0 radical (unpaired) electrons. The number of hydrazine groups is 1. The zero-order chi connectivity index (χ0) is 26.4. The van der Waals surface area contributed by atoms with Gasteiger partial charge in [-0.3, -0.25) is 14.8 Å². The number of nitrogens with one attached hydrogen (secondary N) is 1. The smallest absolute Gasteiger partial charge is 0.142 e. The first-order chi connectivity index (χ1) is 17.8. The highest BCUT2D eigenvalue weighted by Crippen LogP contribution is 2.36. The van der Waals surface area contributed by atoms with Crippen molar-refractivity contribution in [1.29, 1.82) is 0 Å². The Morgan fingerprint density at radius 3 is 2.89 bits per heavy atom. The van der Waals surface area contributed by atoms with Gasteiger partial charge in [0.05, 0.1) is 29.5 Å². The highest BCUT2D eigenvalue weighted by Gasteiger charge is 2.34. The molecule has 3 aromatic rings. The largest absolute Gasteiger partial charge is 0.395 e. The summed E-state index contributed by atoms with van der Waals surface area (Å²) in [6.07, 6.45) is 4.04. The van der Waals surface area contributed by atoms with Gasteiger partial charge < -0.3 is 20.2 Å². The van der Waals surface area contributed by atoms with E-state index in [2.05, 4.69) is 20.4 Å². The van der Waals surface area contributed by atoms with Crippen molar-refractivity contribution in [3.05, 3.63) is 63.4 Å². The Hall–Kier alpha value is -2.00. The molecule has 0 aliphatic carbocycles. The highest BCUT2D eigenvalue weighted by molar-refractivity contribution is 8.00. The molecule has 1 aliphatic heterocycles. The van der Waals surface area contributed by atoms with Gasteiger partial charge in [0, 0.05) is 36.0 Å². The minimum absolute atomic E-state index is 0.160. The topological polar surface area (TPSA) is 134 Å². The van der Waals surface area contributed by atoms with E-state index >= 15 is 0 Å². The van der Waals surface area contributed by atoms with Gasteiger partial charge in [0.1, 0.15) is 39.6 Å². The van der Waals surface area contributed by atoms with Crippen LogP contribution in [0.25, 0.3) is 17.1 Å². The number of hydrogen-bond donors (Lipinski definition) is 3. The van der Waals surface area contributed by atoms with E-state index < -0.39 is 11.5 Å². The Labute approximate surface area is 233 Å². The van der Waals surface area contributed by atoms with Crippen molar-refractivity contribution < 1.29 is 14.3 Å². The summed E-state index contributed by atoms with van der Waals surface area (Å²) in [4.78, 5) is 19.4. The molecule has 0 spiro atoms. The molecule has 14 heteroatoms. The Bertz CT molecular complexity index is 1200. The van der Waals surface area contributed by atoms with Gasteiger partial charge in [-0.15, -0.1) is 11.3 Å². The number of thiazole rings is 1. The molecule has 0 bridgehead atoms. The molecule has 0 saturated carbocycles. The van der Waals surface area contributed by atoms with Crippen LogP contribution in [0, 0.1) is 0 Å². The van der Waals surface area contributed by atoms with Crippen LogP contribution in [-0.2, 0) is 14.3 Å². The molecule has 37 heavy (non-hydrogen) atoms. The Kier molecular flexibility index (Phi) is 9.98. The average Bonchev–Trinajstić information content (AvgIpc) is 3.50. The van der Waals surface area contributed by atoms with Crippen LogP contribution in [0.3, 0.4) is 0 Å². The molecule has 4 rings (SSSR count). The molecule has 1 saturated heterocycles. The fourth-order valence-electron chi connectivity index (χ4n) is 3.51. The summed E-state index contributed by atoms with van der Waals surface area (Å²) in [6.45, 7) is 2.72. The van der Waals surface area contributed by atoms with E-state index in [1.165, 1.54) is 28.1 Å². The number of hydrogen-bond acceptors (Lipinski definition) is 12. The fraction of sp³-hybridized carbons (Fsp3) is 0.348. The van der Waals surface area contributed by atoms with Crippen LogP contribution < -0.4 is 17.1 Å². The maximum Gasteiger partial charge on any atom is 0.142 e. The standard InChI is InChI=1S/C23H27Cl2N7O3S2/c1-13-17(9-30-35-13)34-23(18(33-2)11-32(27)10-15(26)22-31-20(25)12-36-22)37-19-7-14(24)8-29-21(19)16-5-3-4-6-28-16/h3-8,10,12-13,17-18,23,30H,9,11,26-27H2,1-2H3/b15-10-/t13?,17?,18-,23?/m0/s1. The molecule has 1 aliphatic rings. The number of thioether (sulfide) groups is 1. The molecule has 4 atom stereocenters.